The Labute approximate surface area is 179 Å². The number of thioether (sulfide) groups is 1. The van der Waals surface area contributed by atoms with E-state index in [1.807, 2.05) is 67.1 Å². The highest BCUT2D eigenvalue weighted by atomic mass is 32.2. The zero-order valence-corrected chi connectivity index (χ0v) is 17.8. The van der Waals surface area contributed by atoms with Crippen molar-refractivity contribution in [1.82, 2.24) is 14.9 Å². The number of amides is 1. The number of methoxy groups -OCH3 is 1. The van der Waals surface area contributed by atoms with Crippen LogP contribution in [0.5, 0.6) is 11.5 Å². The largest absolute Gasteiger partial charge is 0.497 e. The number of ether oxygens (including phenoxy) is 2. The topological polar surface area (TPSA) is 90.3 Å². The van der Waals surface area contributed by atoms with Crippen LogP contribution in [0.25, 0.3) is 0 Å². The second-order valence-corrected chi connectivity index (χ2v) is 7.84. The Bertz CT molecular complexity index is 1020. The molecule has 0 radical (unpaired) electrons. The molecule has 2 aromatic carbocycles. The van der Waals surface area contributed by atoms with Gasteiger partial charge in [0.25, 0.3) is 0 Å². The molecule has 0 bridgehead atoms. The van der Waals surface area contributed by atoms with Gasteiger partial charge in [0.05, 0.1) is 19.8 Å². The van der Waals surface area contributed by atoms with Crippen LogP contribution >= 0.6 is 11.8 Å². The van der Waals surface area contributed by atoms with Crippen molar-refractivity contribution >= 4 is 23.4 Å². The number of aryl methyl sites for hydroxylation is 1. The second kappa shape index (κ2) is 8.66. The van der Waals surface area contributed by atoms with Gasteiger partial charge in [-0.25, -0.2) is 4.68 Å². The van der Waals surface area contributed by atoms with Crippen LogP contribution < -0.4 is 20.2 Å². The van der Waals surface area contributed by atoms with Crippen molar-refractivity contribution in [2.75, 3.05) is 24.5 Å². The van der Waals surface area contributed by atoms with E-state index in [9.17, 15) is 4.79 Å². The molecule has 2 heterocycles. The van der Waals surface area contributed by atoms with E-state index in [2.05, 4.69) is 20.9 Å². The van der Waals surface area contributed by atoms with E-state index in [-0.39, 0.29) is 11.9 Å². The number of carbonyl (C=O) groups is 1. The fourth-order valence-corrected chi connectivity index (χ4v) is 4.36. The molecule has 4 rings (SSSR count). The van der Waals surface area contributed by atoms with Crippen molar-refractivity contribution < 1.29 is 14.3 Å². The zero-order chi connectivity index (χ0) is 21.1. The first-order valence-electron chi connectivity index (χ1n) is 9.62. The molecular weight excluding hydrogens is 402 g/mol. The Morgan fingerprint density at radius 2 is 1.83 bits per heavy atom. The minimum absolute atomic E-state index is 0.122. The summed E-state index contributed by atoms with van der Waals surface area (Å²) in [6, 6.07) is 14.8. The molecule has 2 unspecified atom stereocenters. The van der Waals surface area contributed by atoms with Crippen LogP contribution in [0.1, 0.15) is 24.4 Å². The lowest BCUT2D eigenvalue weighted by atomic mass is 10.0. The average molecular weight is 426 g/mol. The molecule has 0 fully saturated rings. The number of anilines is 1. The number of rotatable bonds is 6. The fraction of sp³-hybridized carbons (Fsp3) is 0.286. The molecule has 0 aliphatic carbocycles. The van der Waals surface area contributed by atoms with Gasteiger partial charge in [-0.15, -0.1) is 10.2 Å². The van der Waals surface area contributed by atoms with Gasteiger partial charge in [-0.2, -0.15) is 0 Å². The van der Waals surface area contributed by atoms with Crippen molar-refractivity contribution in [3.63, 3.8) is 0 Å². The molecule has 8 nitrogen and oxygen atoms in total. The van der Waals surface area contributed by atoms with E-state index >= 15 is 0 Å². The van der Waals surface area contributed by atoms with E-state index < -0.39 is 5.25 Å². The van der Waals surface area contributed by atoms with Gasteiger partial charge in [0.1, 0.15) is 22.6 Å². The Kier molecular flexibility index (Phi) is 5.80. The summed E-state index contributed by atoms with van der Waals surface area (Å²) in [7, 11) is 1.61. The summed E-state index contributed by atoms with van der Waals surface area (Å²) in [4.78, 5) is 13.2. The number of hydrogen-bond acceptors (Lipinski definition) is 7. The van der Waals surface area contributed by atoms with E-state index in [1.54, 1.807) is 7.11 Å². The Morgan fingerprint density at radius 3 is 2.50 bits per heavy atom. The first-order valence-corrected chi connectivity index (χ1v) is 10.5. The predicted octanol–water partition coefficient (Wildman–Crippen LogP) is 3.39. The predicted molar refractivity (Wildman–Crippen MR) is 116 cm³/mol. The number of benzene rings is 2. The monoisotopic (exact) mass is 425 g/mol. The van der Waals surface area contributed by atoms with Crippen LogP contribution in [-0.2, 0) is 4.79 Å². The number of fused-ring (bicyclic) bond motifs is 1. The highest BCUT2D eigenvalue weighted by molar-refractivity contribution is 8.00. The van der Waals surface area contributed by atoms with E-state index in [4.69, 9.17) is 9.47 Å². The molecular formula is C21H23N5O3S. The van der Waals surface area contributed by atoms with Crippen LogP contribution in [0.2, 0.25) is 0 Å². The smallest absolute Gasteiger partial charge is 0.240 e. The number of aromatic nitrogens is 3. The molecule has 1 aromatic heterocycles. The maximum Gasteiger partial charge on any atom is 0.240 e. The van der Waals surface area contributed by atoms with Gasteiger partial charge < -0.3 is 20.2 Å². The zero-order valence-electron chi connectivity index (χ0n) is 17.0. The molecule has 2 N–H and O–H groups in total. The summed E-state index contributed by atoms with van der Waals surface area (Å²) in [5.41, 5.74) is 5.07. The summed E-state index contributed by atoms with van der Waals surface area (Å²) in [5, 5.41) is 11.5. The van der Waals surface area contributed by atoms with Gasteiger partial charge in [0.15, 0.2) is 0 Å². The van der Waals surface area contributed by atoms with Crippen molar-refractivity contribution in [2.45, 2.75) is 30.3 Å². The standard InChI is InChI=1S/C21H23N5O3S/c1-4-29-17-9-5-14(6-10-17)18-19(30-21-24-23-13(2)26(21)25-18)20(27)22-15-7-11-16(28-3)12-8-15/h5-12,18-19,25H,4H2,1-3H3,(H,22,27). The van der Waals surface area contributed by atoms with Crippen LogP contribution in [0, 0.1) is 6.92 Å². The van der Waals surface area contributed by atoms with Gasteiger partial charge in [-0.1, -0.05) is 23.9 Å². The van der Waals surface area contributed by atoms with E-state index in [0.717, 1.165) is 22.9 Å². The molecule has 1 amide bonds. The molecule has 1 aliphatic rings. The summed E-state index contributed by atoms with van der Waals surface area (Å²) >= 11 is 1.39. The van der Waals surface area contributed by atoms with Crippen LogP contribution in [0.15, 0.2) is 53.7 Å². The summed E-state index contributed by atoms with van der Waals surface area (Å²) < 4.78 is 12.5. The molecule has 0 saturated carbocycles. The van der Waals surface area contributed by atoms with Crippen LogP contribution in [0.3, 0.4) is 0 Å². The van der Waals surface area contributed by atoms with Crippen LogP contribution in [-0.4, -0.2) is 39.7 Å². The first kappa shape index (κ1) is 20.1. The maximum atomic E-state index is 13.2. The fourth-order valence-electron chi connectivity index (χ4n) is 3.24. The van der Waals surface area contributed by atoms with E-state index in [0.29, 0.717) is 17.5 Å². The highest BCUT2D eigenvalue weighted by Gasteiger charge is 2.37. The van der Waals surface area contributed by atoms with Gasteiger partial charge in [0.2, 0.25) is 11.1 Å². The normalized spacial score (nSPS) is 17.6. The third-order valence-electron chi connectivity index (χ3n) is 4.76. The minimum Gasteiger partial charge on any atom is -0.497 e. The minimum atomic E-state index is -0.443. The number of carbonyl (C=O) groups excluding carboxylic acids is 1. The van der Waals surface area contributed by atoms with Gasteiger partial charge in [0, 0.05) is 5.69 Å². The Morgan fingerprint density at radius 1 is 1.13 bits per heavy atom. The maximum absolute atomic E-state index is 13.2. The number of nitrogens with one attached hydrogen (secondary N) is 2. The molecule has 3 aromatic rings. The quantitative estimate of drug-likeness (QED) is 0.626. The highest BCUT2D eigenvalue weighted by Crippen LogP contribution is 2.38. The third-order valence-corrected chi connectivity index (χ3v) is 5.98. The van der Waals surface area contributed by atoms with Gasteiger partial charge in [-0.3, -0.25) is 4.79 Å². The van der Waals surface area contributed by atoms with E-state index in [1.165, 1.54) is 11.8 Å². The first-order chi connectivity index (χ1) is 14.6. The Balaban J connectivity index is 1.61. The molecule has 1 aliphatic heterocycles. The summed E-state index contributed by atoms with van der Waals surface area (Å²) in [6.45, 7) is 4.42. The molecule has 0 spiro atoms. The molecule has 30 heavy (non-hydrogen) atoms. The van der Waals surface area contributed by atoms with Crippen molar-refractivity contribution in [2.24, 2.45) is 0 Å². The molecule has 2 atom stereocenters. The number of nitrogens with zero attached hydrogens (tertiary/aromatic N) is 3. The average Bonchev–Trinajstić information content (AvgIpc) is 3.14. The Hall–Kier alpha value is -3.20. The number of hydrogen-bond donors (Lipinski definition) is 2. The molecule has 156 valence electrons. The lowest BCUT2D eigenvalue weighted by Gasteiger charge is -2.32. The van der Waals surface area contributed by atoms with Crippen molar-refractivity contribution in [3.8, 4) is 11.5 Å². The summed E-state index contributed by atoms with van der Waals surface area (Å²) in [6.07, 6.45) is 0. The molecule has 0 saturated heterocycles. The van der Waals surface area contributed by atoms with Crippen molar-refractivity contribution in [3.05, 3.63) is 59.9 Å². The van der Waals surface area contributed by atoms with Crippen molar-refractivity contribution in [1.29, 1.82) is 0 Å². The summed E-state index contributed by atoms with van der Waals surface area (Å²) in [5.74, 6) is 2.15. The van der Waals surface area contributed by atoms with Gasteiger partial charge in [-0.05, 0) is 55.8 Å². The van der Waals surface area contributed by atoms with Crippen LogP contribution in [0.4, 0.5) is 5.69 Å². The lowest BCUT2D eigenvalue weighted by molar-refractivity contribution is -0.116. The molecule has 9 heteroatoms. The second-order valence-electron chi connectivity index (χ2n) is 6.73. The van der Waals surface area contributed by atoms with Gasteiger partial charge >= 0.3 is 0 Å². The third kappa shape index (κ3) is 4.06. The SMILES string of the molecule is CCOc1ccc(C2Nn3c(C)nnc3SC2C(=O)Nc2ccc(OC)cc2)cc1. The lowest BCUT2D eigenvalue weighted by Crippen LogP contribution is -2.41.